The topological polar surface area (TPSA) is 0 Å². The van der Waals surface area contributed by atoms with Gasteiger partial charge in [0.2, 0.25) is 0 Å². The van der Waals surface area contributed by atoms with Crippen molar-refractivity contribution in [2.24, 2.45) is 5.92 Å². The minimum atomic E-state index is 0. The molecule has 1 aliphatic rings. The first-order valence-corrected chi connectivity index (χ1v) is 14.6. The first-order valence-electron chi connectivity index (χ1n) is 13.6. The van der Waals surface area contributed by atoms with Gasteiger partial charge >= 0.3 is 26.2 Å². The van der Waals surface area contributed by atoms with Crippen molar-refractivity contribution >= 4 is 30.7 Å². The summed E-state index contributed by atoms with van der Waals surface area (Å²) in [6.07, 6.45) is 3.48. The predicted molar refractivity (Wildman–Crippen MR) is 163 cm³/mol. The minimum Gasteiger partial charge on any atom is -1.00 e. The van der Waals surface area contributed by atoms with E-state index in [9.17, 15) is 0 Å². The van der Waals surface area contributed by atoms with Crippen LogP contribution in [0.4, 0.5) is 0 Å². The SMILES string of the molecule is CCCc1ccc2[cH-]c(CC(C)C)cc2c1-c1cc(C)cc(C)c1.[Cl-].[Cl-].[Zr+4].[c-]1cccc2c1[Si]c1ccccc1-2. The molecule has 4 heteroatoms. The predicted octanol–water partition coefficient (Wildman–Crippen LogP) is 2.12. The van der Waals surface area contributed by atoms with Crippen LogP contribution in [-0.2, 0) is 39.0 Å². The Morgan fingerprint density at radius 1 is 0.850 bits per heavy atom. The maximum atomic E-state index is 3.31. The molecule has 1 aliphatic heterocycles. The molecule has 5 aromatic rings. The second-order valence-electron chi connectivity index (χ2n) is 10.8. The molecule has 0 atom stereocenters. The zero-order valence-electron chi connectivity index (χ0n) is 24.0. The van der Waals surface area contributed by atoms with Crippen LogP contribution in [0.2, 0.25) is 0 Å². The molecule has 6 rings (SSSR count). The first kappa shape index (κ1) is 34.4. The van der Waals surface area contributed by atoms with E-state index in [0.29, 0.717) is 5.92 Å². The van der Waals surface area contributed by atoms with Crippen molar-refractivity contribution in [2.75, 3.05) is 0 Å². The molecule has 0 bridgehead atoms. The molecule has 40 heavy (non-hydrogen) atoms. The average Bonchev–Trinajstić information content (AvgIpc) is 3.44. The van der Waals surface area contributed by atoms with Crippen molar-refractivity contribution in [2.45, 2.75) is 53.9 Å². The van der Waals surface area contributed by atoms with Crippen molar-refractivity contribution in [1.29, 1.82) is 0 Å². The van der Waals surface area contributed by atoms with E-state index in [1.807, 2.05) is 6.07 Å². The zero-order valence-corrected chi connectivity index (χ0v) is 29.0. The summed E-state index contributed by atoms with van der Waals surface area (Å²) in [6, 6.07) is 34.6. The van der Waals surface area contributed by atoms with Crippen LogP contribution in [0.1, 0.15) is 49.4 Å². The molecular formula is C36H36Cl2SiZr. The van der Waals surface area contributed by atoms with Crippen LogP contribution in [-0.4, -0.2) is 9.52 Å². The Balaban J connectivity index is 0.000000298. The van der Waals surface area contributed by atoms with Gasteiger partial charge in [0, 0.05) is 0 Å². The summed E-state index contributed by atoms with van der Waals surface area (Å²) in [5.41, 5.74) is 11.2. The summed E-state index contributed by atoms with van der Waals surface area (Å²) in [5, 5.41) is 5.64. The van der Waals surface area contributed by atoms with Gasteiger partial charge in [-0.05, 0) is 38.2 Å². The summed E-state index contributed by atoms with van der Waals surface area (Å²) in [5.74, 6) is 0.696. The van der Waals surface area contributed by atoms with Crippen molar-refractivity contribution in [3.63, 3.8) is 0 Å². The van der Waals surface area contributed by atoms with E-state index in [2.05, 4.69) is 120 Å². The van der Waals surface area contributed by atoms with Crippen LogP contribution >= 0.6 is 0 Å². The molecule has 0 N–H and O–H groups in total. The van der Waals surface area contributed by atoms with E-state index in [1.54, 1.807) is 0 Å². The van der Waals surface area contributed by atoms with Crippen LogP contribution in [0.25, 0.3) is 33.0 Å². The molecule has 0 saturated heterocycles. The summed E-state index contributed by atoms with van der Waals surface area (Å²) in [6.45, 7) is 11.3. The molecule has 0 amide bonds. The summed E-state index contributed by atoms with van der Waals surface area (Å²) < 4.78 is 0. The molecule has 202 valence electrons. The molecule has 0 aromatic heterocycles. The molecule has 0 aliphatic carbocycles. The third-order valence-electron chi connectivity index (χ3n) is 7.04. The van der Waals surface area contributed by atoms with Crippen LogP contribution in [0, 0.1) is 25.8 Å². The average molecular weight is 659 g/mol. The molecule has 2 radical (unpaired) electrons. The van der Waals surface area contributed by atoms with Gasteiger partial charge in [0.25, 0.3) is 0 Å². The van der Waals surface area contributed by atoms with E-state index in [4.69, 9.17) is 0 Å². The van der Waals surface area contributed by atoms with Gasteiger partial charge in [-0.1, -0.05) is 103 Å². The molecular weight excluding hydrogens is 623 g/mol. The Kier molecular flexibility index (Phi) is 13.2. The number of fused-ring (bicyclic) bond motifs is 4. The second-order valence-corrected chi connectivity index (χ2v) is 12.1. The standard InChI is InChI=1S/C24H29.C12H7Si.2ClH.Zr/c1-6-7-20-8-9-21-14-19(10-16(2)3)15-23(21)24(20)22-12-17(4)11-18(5)13-22;1-3-7-11-9(5-1)10-6-2-4-8-12(10)13-11;;;/h8-9,11-16H,6-7,10H2,1-5H3;1-7H;2*1H;/q2*-1;;;+4/p-2. The van der Waals surface area contributed by atoms with E-state index >= 15 is 0 Å². The van der Waals surface area contributed by atoms with Gasteiger partial charge in [0.15, 0.2) is 0 Å². The fraction of sp³-hybridized carbons (Fsp3) is 0.250. The fourth-order valence-corrected chi connectivity index (χ4v) is 6.95. The van der Waals surface area contributed by atoms with Crippen molar-refractivity contribution in [1.82, 2.24) is 0 Å². The molecule has 0 spiro atoms. The largest absolute Gasteiger partial charge is 4.00 e. The zero-order chi connectivity index (χ0) is 25.9. The Labute approximate surface area is 275 Å². The minimum absolute atomic E-state index is 0. The van der Waals surface area contributed by atoms with Crippen molar-refractivity contribution < 1.29 is 51.0 Å². The summed E-state index contributed by atoms with van der Waals surface area (Å²) in [4.78, 5) is 0. The summed E-state index contributed by atoms with van der Waals surface area (Å²) in [7, 11) is 0.795. The normalized spacial score (nSPS) is 10.9. The van der Waals surface area contributed by atoms with Gasteiger partial charge in [0.1, 0.15) is 0 Å². The van der Waals surface area contributed by atoms with Gasteiger partial charge in [0.05, 0.1) is 9.52 Å². The first-order chi connectivity index (χ1) is 17.9. The van der Waals surface area contributed by atoms with Gasteiger partial charge in [-0.15, -0.1) is 40.1 Å². The van der Waals surface area contributed by atoms with Crippen LogP contribution in [0.3, 0.4) is 0 Å². The van der Waals surface area contributed by atoms with E-state index in [0.717, 1.165) is 22.4 Å². The number of halogens is 2. The number of hydrogen-bond donors (Lipinski definition) is 0. The van der Waals surface area contributed by atoms with E-state index in [-0.39, 0.29) is 51.0 Å². The second kappa shape index (κ2) is 15.4. The summed E-state index contributed by atoms with van der Waals surface area (Å²) >= 11 is 0. The maximum absolute atomic E-state index is 3.31. The third kappa shape index (κ3) is 7.71. The number of aryl methyl sites for hydroxylation is 3. The molecule has 5 aromatic carbocycles. The van der Waals surface area contributed by atoms with Crippen molar-refractivity contribution in [3.8, 4) is 22.3 Å². The molecule has 0 saturated carbocycles. The number of hydrogen-bond acceptors (Lipinski definition) is 0. The quantitative estimate of drug-likeness (QED) is 0.197. The Bertz CT molecular complexity index is 1490. The maximum Gasteiger partial charge on any atom is 4.00 e. The van der Waals surface area contributed by atoms with Crippen LogP contribution < -0.4 is 35.2 Å². The number of rotatable bonds is 5. The number of benzene rings is 4. The molecule has 0 unspecified atom stereocenters. The Morgan fingerprint density at radius 2 is 1.55 bits per heavy atom. The van der Waals surface area contributed by atoms with E-state index in [1.165, 1.54) is 72.1 Å². The Morgan fingerprint density at radius 3 is 2.25 bits per heavy atom. The third-order valence-corrected chi connectivity index (χ3v) is 8.41. The van der Waals surface area contributed by atoms with Gasteiger partial charge in [-0.25, -0.2) is 0 Å². The van der Waals surface area contributed by atoms with Gasteiger partial charge in [-0.3, -0.25) is 0 Å². The Hall–Kier alpha value is -1.83. The molecule has 0 fully saturated rings. The smallest absolute Gasteiger partial charge is 1.00 e. The fourth-order valence-electron chi connectivity index (χ4n) is 5.64. The van der Waals surface area contributed by atoms with Gasteiger partial charge in [-0.2, -0.15) is 35.5 Å². The van der Waals surface area contributed by atoms with Crippen LogP contribution in [0.5, 0.6) is 0 Å². The molecule has 1 heterocycles. The van der Waals surface area contributed by atoms with E-state index < -0.39 is 0 Å². The van der Waals surface area contributed by atoms with Gasteiger partial charge < -0.3 is 24.8 Å². The van der Waals surface area contributed by atoms with Crippen LogP contribution in [0.15, 0.2) is 84.9 Å². The molecule has 0 nitrogen and oxygen atoms in total. The van der Waals surface area contributed by atoms with Crippen molar-refractivity contribution in [3.05, 3.63) is 113 Å². The monoisotopic (exact) mass is 656 g/mol.